The molecule has 0 aromatic carbocycles. The van der Waals surface area contributed by atoms with Gasteiger partial charge in [-0.2, -0.15) is 0 Å². The van der Waals surface area contributed by atoms with Gasteiger partial charge >= 0.3 is 5.97 Å². The number of unbranched alkanes of at least 4 members (excludes halogenated alkanes) is 50. The zero-order valence-corrected chi connectivity index (χ0v) is 63.3. The number of esters is 1. The van der Waals surface area contributed by atoms with E-state index in [1.54, 1.807) is 6.08 Å². The van der Waals surface area contributed by atoms with E-state index < -0.39 is 49.5 Å². The van der Waals surface area contributed by atoms with Crippen LogP contribution in [-0.2, 0) is 23.8 Å². The molecule has 0 aromatic rings. The van der Waals surface area contributed by atoms with Gasteiger partial charge in [0.05, 0.1) is 32.0 Å². The summed E-state index contributed by atoms with van der Waals surface area (Å²) in [6.45, 7) is 4.33. The van der Waals surface area contributed by atoms with E-state index in [0.717, 1.165) is 77.0 Å². The normalized spacial score (nSPS) is 17.6. The Morgan fingerprint density at radius 3 is 1.10 bits per heavy atom. The summed E-state index contributed by atoms with van der Waals surface area (Å²) in [4.78, 5) is 25.2. The first-order chi connectivity index (χ1) is 47.7. The predicted molar refractivity (Wildman–Crippen MR) is 412 cm³/mol. The third-order valence-corrected chi connectivity index (χ3v) is 19.5. The molecule has 1 aliphatic rings. The molecule has 7 unspecified atom stereocenters. The minimum absolute atomic E-state index is 0.0112. The second-order valence-electron chi connectivity index (χ2n) is 28.8. The zero-order valence-electron chi connectivity index (χ0n) is 63.3. The molecule has 1 heterocycles. The molecule has 1 amide bonds. The molecule has 11 nitrogen and oxygen atoms in total. The molecule has 0 radical (unpaired) electrons. The highest BCUT2D eigenvalue weighted by Gasteiger charge is 2.44. The van der Waals surface area contributed by atoms with Crippen LogP contribution in [0, 0.1) is 0 Å². The lowest BCUT2D eigenvalue weighted by molar-refractivity contribution is -0.302. The first-order valence-electron chi connectivity index (χ1n) is 41.7. The molecule has 1 rings (SSSR count). The zero-order chi connectivity index (χ0) is 70.1. The summed E-state index contributed by atoms with van der Waals surface area (Å²) in [6.07, 6.45) is 92.4. The summed E-state index contributed by atoms with van der Waals surface area (Å²) >= 11 is 0. The molecule has 1 saturated heterocycles. The highest BCUT2D eigenvalue weighted by molar-refractivity contribution is 5.76. The Bertz CT molecular complexity index is 1850. The van der Waals surface area contributed by atoms with Gasteiger partial charge in [0.2, 0.25) is 5.91 Å². The molecule has 97 heavy (non-hydrogen) atoms. The lowest BCUT2D eigenvalue weighted by atomic mass is 9.99. The van der Waals surface area contributed by atoms with E-state index in [-0.39, 0.29) is 18.5 Å². The van der Waals surface area contributed by atoms with Gasteiger partial charge in [0.15, 0.2) is 6.29 Å². The Balaban J connectivity index is 1.89. The van der Waals surface area contributed by atoms with Crippen LogP contribution in [0.5, 0.6) is 0 Å². The van der Waals surface area contributed by atoms with E-state index in [1.165, 1.54) is 295 Å². The number of nitrogens with one attached hydrogen (secondary N) is 1. The number of allylic oxidation sites excluding steroid dienone is 11. The average molecular weight is 1370 g/mol. The monoisotopic (exact) mass is 1360 g/mol. The van der Waals surface area contributed by atoms with Crippen LogP contribution in [0.3, 0.4) is 0 Å². The van der Waals surface area contributed by atoms with Crippen LogP contribution in [0.15, 0.2) is 72.9 Å². The molecule has 0 spiro atoms. The van der Waals surface area contributed by atoms with E-state index in [0.29, 0.717) is 19.4 Å². The van der Waals surface area contributed by atoms with Crippen molar-refractivity contribution >= 4 is 11.9 Å². The van der Waals surface area contributed by atoms with Crippen molar-refractivity contribution in [3.05, 3.63) is 72.9 Å². The molecular weight excluding hydrogens is 1210 g/mol. The minimum Gasteiger partial charge on any atom is -0.466 e. The summed E-state index contributed by atoms with van der Waals surface area (Å²) in [6, 6.07) is -0.834. The molecule has 11 heteroatoms. The largest absolute Gasteiger partial charge is 0.466 e. The van der Waals surface area contributed by atoms with Gasteiger partial charge in [0, 0.05) is 12.8 Å². The number of aliphatic hydroxyl groups excluding tert-OH is 5. The summed E-state index contributed by atoms with van der Waals surface area (Å²) in [7, 11) is 0. The first kappa shape index (κ1) is 92.1. The van der Waals surface area contributed by atoms with Crippen molar-refractivity contribution in [3.63, 3.8) is 0 Å². The van der Waals surface area contributed by atoms with Crippen LogP contribution in [0.2, 0.25) is 0 Å². The number of carbonyl (C=O) groups excluding carboxylic acids is 2. The molecule has 7 atom stereocenters. The van der Waals surface area contributed by atoms with Gasteiger partial charge in [-0.3, -0.25) is 9.59 Å². The lowest BCUT2D eigenvalue weighted by Crippen LogP contribution is -2.60. The highest BCUT2D eigenvalue weighted by atomic mass is 16.7. The van der Waals surface area contributed by atoms with Crippen molar-refractivity contribution in [2.75, 3.05) is 19.8 Å². The van der Waals surface area contributed by atoms with Gasteiger partial charge in [-0.25, -0.2) is 0 Å². The Labute approximate surface area is 598 Å². The number of rotatable bonds is 74. The standard InChI is InChI=1S/C86H157NO10/c1-3-5-7-9-11-13-15-17-18-42-46-50-54-58-62-66-70-74-82(91)95-75-71-67-63-59-55-51-47-44-41-39-37-35-33-31-29-27-25-23-21-19-20-22-24-26-28-30-32-34-36-38-40-43-45-49-53-57-61-65-69-73-81(90)87-78(77-96-86-85(94)84(93)83(92)80(76-88)97-86)79(89)72-68-64-60-56-52-48-16-14-12-10-8-6-4-2/h12,14,17-20,23,25,52,56,68,72,78-80,83-86,88-89,92-94H,3-11,13,15-16,21-22,24,26-51,53-55,57-67,69-71,73-77H2,1-2H3,(H,87,90)/b14-12+,18-17-,20-19-,25-23-,56-52+,72-68+. The van der Waals surface area contributed by atoms with Crippen molar-refractivity contribution in [2.45, 2.75) is 442 Å². The topological polar surface area (TPSA) is 175 Å². The molecule has 0 aliphatic carbocycles. The maximum Gasteiger partial charge on any atom is 0.305 e. The molecule has 0 saturated carbocycles. The van der Waals surface area contributed by atoms with Crippen LogP contribution in [0.4, 0.5) is 0 Å². The third kappa shape index (κ3) is 62.6. The Morgan fingerprint density at radius 1 is 0.381 bits per heavy atom. The van der Waals surface area contributed by atoms with Gasteiger partial charge < -0.3 is 45.1 Å². The molecule has 1 fully saturated rings. The number of carbonyl (C=O) groups is 2. The van der Waals surface area contributed by atoms with E-state index in [9.17, 15) is 35.1 Å². The Hall–Kier alpha value is -2.90. The second kappa shape index (κ2) is 74.3. The highest BCUT2D eigenvalue weighted by Crippen LogP contribution is 2.24. The number of amides is 1. The molecule has 6 N–H and O–H groups in total. The van der Waals surface area contributed by atoms with Crippen molar-refractivity contribution in [3.8, 4) is 0 Å². The fourth-order valence-electron chi connectivity index (χ4n) is 13.0. The molecule has 0 aromatic heterocycles. The summed E-state index contributed by atoms with van der Waals surface area (Å²) in [5.74, 6) is -0.182. The SMILES string of the molecule is CCCCC/C=C/CC/C=C/CC/C=C/C(O)C(COC1OC(CO)C(O)C(O)C1O)NC(=O)CCCCCCCCCCCCCCCCCCC/C=C\C/C=C\CCCCCCCCCCCCCCCCCOC(=O)CCCCCCCCC/C=C\CCCCCCCC. The third-order valence-electron chi connectivity index (χ3n) is 19.5. The summed E-state index contributed by atoms with van der Waals surface area (Å²) < 4.78 is 16.8. The van der Waals surface area contributed by atoms with Crippen molar-refractivity contribution < 1.29 is 49.3 Å². The van der Waals surface area contributed by atoms with Gasteiger partial charge in [-0.05, 0) is 116 Å². The molecule has 0 bridgehead atoms. The fourth-order valence-corrected chi connectivity index (χ4v) is 13.0. The number of ether oxygens (including phenoxy) is 3. The maximum absolute atomic E-state index is 13.1. The van der Waals surface area contributed by atoms with Gasteiger partial charge in [-0.1, -0.05) is 344 Å². The van der Waals surface area contributed by atoms with Gasteiger partial charge in [-0.15, -0.1) is 0 Å². The maximum atomic E-state index is 13.1. The quantitative estimate of drug-likeness (QED) is 0.0195. The Morgan fingerprint density at radius 2 is 0.701 bits per heavy atom. The summed E-state index contributed by atoms with van der Waals surface area (Å²) in [5, 5.41) is 54.5. The molecular formula is C86H157NO10. The average Bonchev–Trinajstić information content (AvgIpc) is 0.840. The lowest BCUT2D eigenvalue weighted by Gasteiger charge is -2.40. The van der Waals surface area contributed by atoms with Gasteiger partial charge in [0.25, 0.3) is 0 Å². The fraction of sp³-hybridized carbons (Fsp3) is 0.837. The summed E-state index contributed by atoms with van der Waals surface area (Å²) in [5.41, 5.74) is 0. The van der Waals surface area contributed by atoms with Crippen molar-refractivity contribution in [1.29, 1.82) is 0 Å². The smallest absolute Gasteiger partial charge is 0.305 e. The number of hydrogen-bond donors (Lipinski definition) is 6. The van der Waals surface area contributed by atoms with Gasteiger partial charge in [0.1, 0.15) is 24.4 Å². The van der Waals surface area contributed by atoms with E-state index in [2.05, 4.69) is 79.9 Å². The van der Waals surface area contributed by atoms with Crippen molar-refractivity contribution in [2.24, 2.45) is 0 Å². The predicted octanol–water partition coefficient (Wildman–Crippen LogP) is 23.0. The van der Waals surface area contributed by atoms with Crippen LogP contribution >= 0.6 is 0 Å². The van der Waals surface area contributed by atoms with Crippen LogP contribution in [0.25, 0.3) is 0 Å². The first-order valence-corrected chi connectivity index (χ1v) is 41.7. The molecule has 566 valence electrons. The van der Waals surface area contributed by atoms with Crippen LogP contribution in [-0.4, -0.2) is 100 Å². The second-order valence-corrected chi connectivity index (χ2v) is 28.8. The van der Waals surface area contributed by atoms with E-state index in [4.69, 9.17) is 14.2 Å². The number of hydrogen-bond acceptors (Lipinski definition) is 10. The number of aliphatic hydroxyl groups is 5. The van der Waals surface area contributed by atoms with Crippen LogP contribution in [0.1, 0.15) is 399 Å². The minimum atomic E-state index is -1.58. The van der Waals surface area contributed by atoms with Crippen molar-refractivity contribution in [1.82, 2.24) is 5.32 Å². The van der Waals surface area contributed by atoms with E-state index >= 15 is 0 Å². The Kier molecular flexibility index (Phi) is 70.5. The molecule has 1 aliphatic heterocycles. The van der Waals surface area contributed by atoms with E-state index in [1.807, 2.05) is 6.08 Å². The van der Waals surface area contributed by atoms with Crippen LogP contribution < -0.4 is 5.32 Å².